The Morgan fingerprint density at radius 2 is 1.64 bits per heavy atom. The largest absolute Gasteiger partial charge is 0.337 e. The fourth-order valence-corrected chi connectivity index (χ4v) is 7.64. The van der Waals surface area contributed by atoms with Gasteiger partial charge in [-0.25, -0.2) is 8.42 Å². The summed E-state index contributed by atoms with van der Waals surface area (Å²) >= 11 is 1.19. The van der Waals surface area contributed by atoms with Crippen molar-refractivity contribution in [1.29, 1.82) is 0 Å². The molecule has 0 unspecified atom stereocenters. The van der Waals surface area contributed by atoms with E-state index in [1.54, 1.807) is 11.9 Å². The Balaban J connectivity index is 1.55. The highest BCUT2D eigenvalue weighted by molar-refractivity contribution is 7.89. The van der Waals surface area contributed by atoms with Crippen LogP contribution in [0, 0.1) is 0 Å². The van der Waals surface area contributed by atoms with Crippen molar-refractivity contribution in [3.8, 4) is 0 Å². The molecule has 11 nitrogen and oxygen atoms in total. The standard InChI is InChI=1S/C26H33N5O6S2/c1-16(32)28-29-25(35)23-21-13-14-31(17(2)33)15-22(21)38-26(23)27-24(34)18-9-11-20(12-10-18)39(36,37)30(3)19-7-5-4-6-8-19/h9-12,19H,4-8,13-15H2,1-3H3,(H,27,34)(H,28,32)(H,29,35). The Labute approximate surface area is 232 Å². The number of rotatable bonds is 6. The van der Waals surface area contributed by atoms with Crippen LogP contribution in [0.3, 0.4) is 0 Å². The van der Waals surface area contributed by atoms with E-state index < -0.39 is 27.7 Å². The SMILES string of the molecule is CC(=O)NNC(=O)c1c(NC(=O)c2ccc(S(=O)(=O)N(C)C3CCCCC3)cc2)sc2c1CCN(C(C)=O)C2. The molecule has 1 fully saturated rings. The van der Waals surface area contributed by atoms with Crippen LogP contribution in [0.4, 0.5) is 5.00 Å². The van der Waals surface area contributed by atoms with Gasteiger partial charge in [-0.2, -0.15) is 4.31 Å². The molecule has 39 heavy (non-hydrogen) atoms. The van der Waals surface area contributed by atoms with E-state index in [2.05, 4.69) is 16.2 Å². The number of anilines is 1. The molecule has 1 aromatic carbocycles. The second-order valence-corrected chi connectivity index (χ2v) is 12.9. The number of benzene rings is 1. The molecule has 3 N–H and O–H groups in total. The maximum atomic E-state index is 13.2. The Kier molecular flexibility index (Phi) is 8.72. The Morgan fingerprint density at radius 3 is 2.26 bits per heavy atom. The van der Waals surface area contributed by atoms with E-state index >= 15 is 0 Å². The van der Waals surface area contributed by atoms with Crippen molar-refractivity contribution >= 4 is 50.0 Å². The molecule has 2 aliphatic rings. The van der Waals surface area contributed by atoms with E-state index in [0.29, 0.717) is 25.1 Å². The van der Waals surface area contributed by atoms with Gasteiger partial charge in [0.05, 0.1) is 17.0 Å². The lowest BCUT2D eigenvalue weighted by Gasteiger charge is -2.30. The minimum Gasteiger partial charge on any atom is -0.337 e. The van der Waals surface area contributed by atoms with Crippen LogP contribution in [-0.2, 0) is 32.6 Å². The lowest BCUT2D eigenvalue weighted by atomic mass is 9.96. The molecule has 1 aliphatic carbocycles. The van der Waals surface area contributed by atoms with Gasteiger partial charge in [-0.05, 0) is 49.1 Å². The van der Waals surface area contributed by atoms with Gasteiger partial charge in [0.15, 0.2) is 0 Å². The first-order valence-corrected chi connectivity index (χ1v) is 15.1. The van der Waals surface area contributed by atoms with Crippen molar-refractivity contribution in [2.45, 2.75) is 69.9 Å². The zero-order valence-corrected chi connectivity index (χ0v) is 23.8. The Hall–Kier alpha value is -3.29. The normalized spacial score (nSPS) is 15.9. The van der Waals surface area contributed by atoms with Crippen molar-refractivity contribution in [2.24, 2.45) is 0 Å². The second kappa shape index (κ2) is 11.8. The van der Waals surface area contributed by atoms with Crippen LogP contribution in [0.2, 0.25) is 0 Å². The third-order valence-electron chi connectivity index (χ3n) is 7.19. The molecular weight excluding hydrogens is 542 g/mol. The van der Waals surface area contributed by atoms with Gasteiger partial charge in [0.1, 0.15) is 5.00 Å². The molecule has 0 spiro atoms. The van der Waals surface area contributed by atoms with Gasteiger partial charge in [-0.1, -0.05) is 19.3 Å². The number of nitrogens with one attached hydrogen (secondary N) is 3. The first-order valence-electron chi connectivity index (χ1n) is 12.9. The number of carbonyl (C=O) groups is 4. The molecule has 2 aromatic rings. The first-order chi connectivity index (χ1) is 18.5. The van der Waals surface area contributed by atoms with Gasteiger partial charge >= 0.3 is 0 Å². The number of fused-ring (bicyclic) bond motifs is 1. The quantitative estimate of drug-likeness (QED) is 0.452. The lowest BCUT2D eigenvalue weighted by Crippen LogP contribution is -2.41. The Bertz CT molecular complexity index is 1380. The van der Waals surface area contributed by atoms with E-state index in [0.717, 1.165) is 37.0 Å². The molecule has 0 radical (unpaired) electrons. The number of hydrogen-bond acceptors (Lipinski definition) is 7. The average molecular weight is 576 g/mol. The summed E-state index contributed by atoms with van der Waals surface area (Å²) in [7, 11) is -2.10. The molecule has 2 heterocycles. The summed E-state index contributed by atoms with van der Waals surface area (Å²) < 4.78 is 27.7. The van der Waals surface area contributed by atoms with Crippen LogP contribution in [0.25, 0.3) is 0 Å². The highest BCUT2D eigenvalue weighted by Gasteiger charge is 2.31. The number of amides is 4. The van der Waals surface area contributed by atoms with Gasteiger partial charge in [-0.3, -0.25) is 30.0 Å². The minimum atomic E-state index is -3.70. The van der Waals surface area contributed by atoms with E-state index in [9.17, 15) is 27.6 Å². The maximum Gasteiger partial charge on any atom is 0.272 e. The van der Waals surface area contributed by atoms with Crippen molar-refractivity contribution in [2.75, 3.05) is 18.9 Å². The fourth-order valence-electron chi connectivity index (χ4n) is 4.97. The number of carbonyl (C=O) groups excluding carboxylic acids is 4. The van der Waals surface area contributed by atoms with Crippen LogP contribution in [0.15, 0.2) is 29.2 Å². The molecule has 0 saturated heterocycles. The van der Waals surface area contributed by atoms with Crippen molar-refractivity contribution in [3.05, 3.63) is 45.8 Å². The van der Waals surface area contributed by atoms with Gasteiger partial charge in [-0.15, -0.1) is 11.3 Å². The predicted octanol–water partition coefficient (Wildman–Crippen LogP) is 2.64. The lowest BCUT2D eigenvalue weighted by molar-refractivity contribution is -0.129. The van der Waals surface area contributed by atoms with Crippen molar-refractivity contribution in [3.63, 3.8) is 0 Å². The third-order valence-corrected chi connectivity index (χ3v) is 10.2. The molecular formula is C26H33N5O6S2. The smallest absolute Gasteiger partial charge is 0.272 e. The van der Waals surface area contributed by atoms with Crippen LogP contribution >= 0.6 is 11.3 Å². The minimum absolute atomic E-state index is 0.0300. The third kappa shape index (κ3) is 6.31. The summed E-state index contributed by atoms with van der Waals surface area (Å²) in [5, 5.41) is 3.06. The van der Waals surface area contributed by atoms with Crippen LogP contribution in [0.1, 0.15) is 77.1 Å². The van der Waals surface area contributed by atoms with Gasteiger partial charge < -0.3 is 10.2 Å². The number of thiophene rings is 1. The molecule has 13 heteroatoms. The summed E-state index contributed by atoms with van der Waals surface area (Å²) in [4.78, 5) is 51.9. The molecule has 4 amide bonds. The van der Waals surface area contributed by atoms with Crippen LogP contribution < -0.4 is 16.2 Å². The molecule has 4 rings (SSSR count). The second-order valence-electron chi connectivity index (χ2n) is 9.83. The number of sulfonamides is 1. The van der Waals surface area contributed by atoms with Crippen molar-refractivity contribution in [1.82, 2.24) is 20.1 Å². The highest BCUT2D eigenvalue weighted by atomic mass is 32.2. The summed E-state index contributed by atoms with van der Waals surface area (Å²) in [6.45, 7) is 3.47. The van der Waals surface area contributed by atoms with Gasteiger partial charge in [0.25, 0.3) is 11.8 Å². The molecule has 210 valence electrons. The maximum absolute atomic E-state index is 13.2. The summed E-state index contributed by atoms with van der Waals surface area (Å²) in [5.74, 6) is -1.64. The Morgan fingerprint density at radius 1 is 0.974 bits per heavy atom. The highest BCUT2D eigenvalue weighted by Crippen LogP contribution is 2.37. The van der Waals surface area contributed by atoms with Crippen molar-refractivity contribution < 1.29 is 27.6 Å². The topological polar surface area (TPSA) is 145 Å². The van der Waals surface area contributed by atoms with Gasteiger partial charge in [0.2, 0.25) is 21.8 Å². The zero-order chi connectivity index (χ0) is 28.3. The summed E-state index contributed by atoms with van der Waals surface area (Å²) in [6, 6.07) is 5.69. The van der Waals surface area contributed by atoms with E-state index in [4.69, 9.17) is 0 Å². The monoisotopic (exact) mass is 575 g/mol. The molecule has 1 saturated carbocycles. The zero-order valence-electron chi connectivity index (χ0n) is 22.2. The van der Waals surface area contributed by atoms with Crippen LogP contribution in [0.5, 0.6) is 0 Å². The predicted molar refractivity (Wildman–Crippen MR) is 147 cm³/mol. The summed E-state index contributed by atoms with van der Waals surface area (Å²) in [5.41, 5.74) is 5.77. The number of nitrogens with zero attached hydrogens (tertiary/aromatic N) is 2. The van der Waals surface area contributed by atoms with Gasteiger partial charge in [0, 0.05) is 43.9 Å². The number of hydrazine groups is 1. The van der Waals surface area contributed by atoms with E-state index in [1.165, 1.54) is 53.8 Å². The first kappa shape index (κ1) is 28.7. The van der Waals surface area contributed by atoms with E-state index in [1.807, 2.05) is 0 Å². The van der Waals surface area contributed by atoms with E-state index in [-0.39, 0.29) is 33.0 Å². The molecule has 1 aliphatic heterocycles. The fraction of sp³-hybridized carbons (Fsp3) is 0.462. The average Bonchev–Trinajstić information content (AvgIpc) is 3.28. The van der Waals surface area contributed by atoms with Crippen LogP contribution in [-0.4, -0.2) is 60.9 Å². The molecule has 0 bridgehead atoms. The summed E-state index contributed by atoms with van der Waals surface area (Å²) in [6.07, 6.45) is 5.23. The number of hydrogen-bond donors (Lipinski definition) is 3. The molecule has 1 aromatic heterocycles. The molecule has 0 atom stereocenters.